The number of thioether (sulfide) groups is 1. The fourth-order valence-corrected chi connectivity index (χ4v) is 4.23. The van der Waals surface area contributed by atoms with Gasteiger partial charge in [0.1, 0.15) is 0 Å². The Bertz CT molecular complexity index is 653. The van der Waals surface area contributed by atoms with E-state index in [0.717, 1.165) is 29.4 Å². The maximum Gasteiger partial charge on any atom is 0.210 e. The molecule has 0 atom stereocenters. The third kappa shape index (κ3) is 3.53. The van der Waals surface area contributed by atoms with Crippen LogP contribution in [-0.2, 0) is 5.75 Å². The first kappa shape index (κ1) is 16.0. The Balaban J connectivity index is 1.69. The van der Waals surface area contributed by atoms with E-state index in [9.17, 15) is 0 Å². The number of nitrogens with two attached hydrogens (primary N) is 1. The second-order valence-corrected chi connectivity index (χ2v) is 7.36. The molecule has 0 bridgehead atoms. The molecule has 0 spiro atoms. The molecule has 0 unspecified atom stereocenters. The van der Waals surface area contributed by atoms with Crippen molar-refractivity contribution in [2.24, 2.45) is 0 Å². The summed E-state index contributed by atoms with van der Waals surface area (Å²) in [6.07, 6.45) is 6.12. The van der Waals surface area contributed by atoms with Crippen LogP contribution in [0.25, 0.3) is 0 Å². The van der Waals surface area contributed by atoms with Crippen LogP contribution in [0.5, 0.6) is 0 Å². The third-order valence-corrected chi connectivity index (χ3v) is 5.61. The highest BCUT2D eigenvalue weighted by Gasteiger charge is 2.22. The molecule has 0 aliphatic heterocycles. The summed E-state index contributed by atoms with van der Waals surface area (Å²) < 4.78 is 1.64. The number of hydrogen-bond donors (Lipinski definition) is 1. The highest BCUT2D eigenvalue weighted by atomic mass is 35.5. The van der Waals surface area contributed by atoms with E-state index in [1.807, 2.05) is 12.1 Å². The van der Waals surface area contributed by atoms with Gasteiger partial charge in [0, 0.05) is 21.7 Å². The normalized spacial score (nSPS) is 16.1. The lowest BCUT2D eigenvalue weighted by Crippen LogP contribution is -2.18. The number of halogens is 2. The molecule has 2 N–H and O–H groups in total. The van der Waals surface area contributed by atoms with E-state index >= 15 is 0 Å². The first-order valence-electron chi connectivity index (χ1n) is 7.42. The van der Waals surface area contributed by atoms with Crippen LogP contribution in [-0.4, -0.2) is 14.9 Å². The molecule has 1 heterocycles. The van der Waals surface area contributed by atoms with Gasteiger partial charge < -0.3 is 5.84 Å². The van der Waals surface area contributed by atoms with Crippen LogP contribution in [0, 0.1) is 0 Å². The summed E-state index contributed by atoms with van der Waals surface area (Å²) in [7, 11) is 0. The van der Waals surface area contributed by atoms with Crippen LogP contribution in [0.3, 0.4) is 0 Å². The van der Waals surface area contributed by atoms with Crippen LogP contribution in [0.15, 0.2) is 23.4 Å². The highest BCUT2D eigenvalue weighted by molar-refractivity contribution is 7.98. The number of nitrogens with zero attached hydrogens (tertiary/aromatic N) is 3. The van der Waals surface area contributed by atoms with Crippen molar-refractivity contribution in [1.82, 2.24) is 14.9 Å². The largest absolute Gasteiger partial charge is 0.336 e. The second-order valence-electron chi connectivity index (χ2n) is 5.57. The van der Waals surface area contributed by atoms with Crippen molar-refractivity contribution in [2.75, 3.05) is 5.84 Å². The Kier molecular flexibility index (Phi) is 5.16. The smallest absolute Gasteiger partial charge is 0.210 e. The Labute approximate surface area is 144 Å². The van der Waals surface area contributed by atoms with Gasteiger partial charge in [0.2, 0.25) is 5.16 Å². The van der Waals surface area contributed by atoms with Crippen molar-refractivity contribution in [1.29, 1.82) is 0 Å². The van der Waals surface area contributed by atoms with Crippen molar-refractivity contribution in [2.45, 2.75) is 48.9 Å². The predicted molar refractivity (Wildman–Crippen MR) is 92.0 cm³/mol. The first-order valence-corrected chi connectivity index (χ1v) is 9.16. The summed E-state index contributed by atoms with van der Waals surface area (Å²) in [4.78, 5) is 0. The van der Waals surface area contributed by atoms with Gasteiger partial charge in [-0.15, -0.1) is 10.2 Å². The molecule has 1 fully saturated rings. The quantitative estimate of drug-likeness (QED) is 0.640. The van der Waals surface area contributed by atoms with Gasteiger partial charge in [0.05, 0.1) is 0 Å². The lowest BCUT2D eigenvalue weighted by atomic mass is 9.89. The molecular weight excluding hydrogens is 339 g/mol. The fraction of sp³-hybridized carbons (Fsp3) is 0.467. The lowest BCUT2D eigenvalue weighted by Gasteiger charge is -2.20. The number of hydrogen-bond acceptors (Lipinski definition) is 4. The zero-order valence-electron chi connectivity index (χ0n) is 12.1. The van der Waals surface area contributed by atoms with Gasteiger partial charge in [-0.1, -0.05) is 60.3 Å². The van der Waals surface area contributed by atoms with E-state index in [4.69, 9.17) is 29.0 Å². The number of rotatable bonds is 4. The van der Waals surface area contributed by atoms with Crippen molar-refractivity contribution in [3.8, 4) is 0 Å². The van der Waals surface area contributed by atoms with Crippen molar-refractivity contribution >= 4 is 35.0 Å². The lowest BCUT2D eigenvalue weighted by molar-refractivity contribution is 0.421. The SMILES string of the molecule is Nn1c(SCc2ccc(Cl)cc2Cl)nnc1C1CCCCC1. The summed E-state index contributed by atoms with van der Waals surface area (Å²) in [5.74, 6) is 8.22. The second kappa shape index (κ2) is 7.11. The van der Waals surface area contributed by atoms with E-state index in [1.165, 1.54) is 19.3 Å². The molecule has 1 aliphatic carbocycles. The van der Waals surface area contributed by atoms with E-state index in [1.54, 1.807) is 22.5 Å². The standard InChI is InChI=1S/C15H18Cl2N4S/c16-12-7-6-11(13(17)8-12)9-22-15-20-19-14(21(15)18)10-4-2-1-3-5-10/h6-8,10H,1-5,9,18H2. The molecule has 118 valence electrons. The molecule has 1 aliphatic rings. The molecule has 3 rings (SSSR count). The molecule has 0 amide bonds. The molecular formula is C15H18Cl2N4S. The molecule has 0 saturated heterocycles. The van der Waals surface area contributed by atoms with Gasteiger partial charge in [-0.25, -0.2) is 4.68 Å². The molecule has 2 aromatic rings. The first-order chi connectivity index (χ1) is 10.6. The number of aromatic nitrogens is 3. The molecule has 7 heteroatoms. The van der Waals surface area contributed by atoms with Gasteiger partial charge >= 0.3 is 0 Å². The Morgan fingerprint density at radius 3 is 2.68 bits per heavy atom. The van der Waals surface area contributed by atoms with E-state index in [0.29, 0.717) is 21.7 Å². The fourth-order valence-electron chi connectivity index (χ4n) is 2.81. The minimum atomic E-state index is 0.444. The van der Waals surface area contributed by atoms with E-state index in [-0.39, 0.29) is 0 Å². The molecule has 1 aromatic carbocycles. The topological polar surface area (TPSA) is 56.7 Å². The van der Waals surface area contributed by atoms with Crippen LogP contribution >= 0.6 is 35.0 Å². The van der Waals surface area contributed by atoms with Crippen LogP contribution < -0.4 is 5.84 Å². The molecule has 0 radical (unpaired) electrons. The van der Waals surface area contributed by atoms with Gasteiger partial charge in [0.15, 0.2) is 5.82 Å². The van der Waals surface area contributed by atoms with Gasteiger partial charge in [-0.3, -0.25) is 0 Å². The van der Waals surface area contributed by atoms with Crippen LogP contribution in [0.2, 0.25) is 10.0 Å². The Morgan fingerprint density at radius 2 is 1.95 bits per heavy atom. The molecule has 4 nitrogen and oxygen atoms in total. The summed E-state index contributed by atoms with van der Waals surface area (Å²) in [5, 5.41) is 10.6. The summed E-state index contributed by atoms with van der Waals surface area (Å²) in [6, 6.07) is 5.51. The van der Waals surface area contributed by atoms with Gasteiger partial charge in [-0.2, -0.15) is 0 Å². The minimum absolute atomic E-state index is 0.444. The van der Waals surface area contributed by atoms with E-state index < -0.39 is 0 Å². The van der Waals surface area contributed by atoms with Crippen LogP contribution in [0.1, 0.15) is 49.4 Å². The van der Waals surface area contributed by atoms with Gasteiger partial charge in [-0.05, 0) is 30.5 Å². The predicted octanol–water partition coefficient (Wildman–Crippen LogP) is 4.64. The third-order valence-electron chi connectivity index (χ3n) is 4.03. The Hall–Kier alpha value is -0.910. The van der Waals surface area contributed by atoms with E-state index in [2.05, 4.69) is 10.2 Å². The molecule has 1 saturated carbocycles. The maximum atomic E-state index is 6.19. The number of benzene rings is 1. The average molecular weight is 357 g/mol. The van der Waals surface area contributed by atoms with Crippen molar-refractivity contribution in [3.05, 3.63) is 39.6 Å². The number of nitrogen functional groups attached to an aromatic ring is 1. The molecule has 22 heavy (non-hydrogen) atoms. The highest BCUT2D eigenvalue weighted by Crippen LogP contribution is 2.33. The Morgan fingerprint density at radius 1 is 1.18 bits per heavy atom. The zero-order valence-corrected chi connectivity index (χ0v) is 14.5. The van der Waals surface area contributed by atoms with Crippen molar-refractivity contribution in [3.63, 3.8) is 0 Å². The van der Waals surface area contributed by atoms with Gasteiger partial charge in [0.25, 0.3) is 0 Å². The molecule has 1 aromatic heterocycles. The summed E-state index contributed by atoms with van der Waals surface area (Å²) >= 11 is 13.6. The summed E-state index contributed by atoms with van der Waals surface area (Å²) in [6.45, 7) is 0. The minimum Gasteiger partial charge on any atom is -0.336 e. The average Bonchev–Trinajstić information content (AvgIpc) is 2.88. The van der Waals surface area contributed by atoms with Crippen LogP contribution in [0.4, 0.5) is 0 Å². The summed E-state index contributed by atoms with van der Waals surface area (Å²) in [5.41, 5.74) is 1.01. The monoisotopic (exact) mass is 356 g/mol. The van der Waals surface area contributed by atoms with Crippen molar-refractivity contribution < 1.29 is 0 Å². The maximum absolute atomic E-state index is 6.19. The zero-order chi connectivity index (χ0) is 15.5.